The second-order valence-electron chi connectivity index (χ2n) is 9.11. The zero-order valence-electron chi connectivity index (χ0n) is 22.2. The number of aromatic nitrogens is 1. The van der Waals surface area contributed by atoms with Gasteiger partial charge < -0.3 is 28.6 Å². The van der Waals surface area contributed by atoms with E-state index in [-0.39, 0.29) is 18.7 Å². The number of methoxy groups -OCH3 is 2. The quantitative estimate of drug-likeness (QED) is 0.202. The molecule has 0 radical (unpaired) electrons. The molecule has 0 unspecified atom stereocenters. The molecule has 4 rings (SSSR count). The number of para-hydroxylation sites is 1. The van der Waals surface area contributed by atoms with Crippen molar-refractivity contribution in [2.75, 3.05) is 40.6 Å². The van der Waals surface area contributed by atoms with Crippen molar-refractivity contribution in [3.05, 3.63) is 94.7 Å². The highest BCUT2D eigenvalue weighted by molar-refractivity contribution is 5.98. The summed E-state index contributed by atoms with van der Waals surface area (Å²) >= 11 is 0. The maximum absolute atomic E-state index is 13.3. The summed E-state index contributed by atoms with van der Waals surface area (Å²) in [6.07, 6.45) is -4.48. The maximum Gasteiger partial charge on any atom is 0.416 e. The fourth-order valence-electron chi connectivity index (χ4n) is 4.58. The van der Waals surface area contributed by atoms with E-state index < -0.39 is 17.7 Å². The van der Waals surface area contributed by atoms with Gasteiger partial charge >= 0.3 is 12.1 Å². The summed E-state index contributed by atoms with van der Waals surface area (Å²) in [5, 5.41) is 11.0. The van der Waals surface area contributed by atoms with Crippen LogP contribution in [-0.4, -0.2) is 56.3 Å². The van der Waals surface area contributed by atoms with Crippen molar-refractivity contribution in [2.45, 2.75) is 19.1 Å². The Morgan fingerprint density at radius 3 is 2.08 bits per heavy atom. The Labute approximate surface area is 229 Å². The van der Waals surface area contributed by atoms with Crippen LogP contribution >= 0.6 is 0 Å². The van der Waals surface area contributed by atoms with Gasteiger partial charge in [0, 0.05) is 44.2 Å². The van der Waals surface area contributed by atoms with Crippen LogP contribution in [0.3, 0.4) is 0 Å². The van der Waals surface area contributed by atoms with E-state index in [0.717, 1.165) is 17.7 Å². The number of alkyl halides is 3. The van der Waals surface area contributed by atoms with E-state index in [1.807, 2.05) is 0 Å². The standard InChI is InChI=1S/C30H30F3NO6/c1-37-10-12-39-23-15-21(16-24(18-23)40-13-11-38-2)19-34-27-9-4-3-8-25(27)26(28(34)29(35)36)17-20-6-5-7-22(14-20)30(31,32)33/h3-9,14-16,18H,10-13,17,19H2,1-2H3,(H,35,36). The molecule has 0 saturated heterocycles. The number of fused-ring (bicyclic) bond motifs is 1. The van der Waals surface area contributed by atoms with Gasteiger partial charge in [0.15, 0.2) is 0 Å². The highest BCUT2D eigenvalue weighted by atomic mass is 19.4. The van der Waals surface area contributed by atoms with Gasteiger partial charge in [0.05, 0.1) is 18.8 Å². The lowest BCUT2D eigenvalue weighted by Crippen LogP contribution is -2.13. The summed E-state index contributed by atoms with van der Waals surface area (Å²) in [5.74, 6) is -0.124. The summed E-state index contributed by atoms with van der Waals surface area (Å²) in [6, 6.07) is 17.4. The number of carbonyl (C=O) groups is 1. The van der Waals surface area contributed by atoms with Gasteiger partial charge in [-0.1, -0.05) is 36.4 Å². The van der Waals surface area contributed by atoms with Crippen molar-refractivity contribution in [1.82, 2.24) is 4.57 Å². The van der Waals surface area contributed by atoms with Gasteiger partial charge in [0.2, 0.25) is 0 Å². The minimum absolute atomic E-state index is 0.00571. The third kappa shape index (κ3) is 6.94. The molecule has 40 heavy (non-hydrogen) atoms. The van der Waals surface area contributed by atoms with E-state index in [2.05, 4.69) is 0 Å². The lowest BCUT2D eigenvalue weighted by atomic mass is 10.00. The van der Waals surface area contributed by atoms with Crippen LogP contribution < -0.4 is 9.47 Å². The number of hydrogen-bond acceptors (Lipinski definition) is 5. The number of aromatic carboxylic acids is 1. The number of carboxylic acid groups (broad SMARTS) is 1. The summed E-state index contributed by atoms with van der Waals surface area (Å²) in [5.41, 5.74) is 1.39. The van der Waals surface area contributed by atoms with Crippen LogP contribution in [0.4, 0.5) is 13.2 Å². The Morgan fingerprint density at radius 1 is 0.825 bits per heavy atom. The van der Waals surface area contributed by atoms with Gasteiger partial charge in [0.1, 0.15) is 30.4 Å². The van der Waals surface area contributed by atoms with Gasteiger partial charge in [-0.3, -0.25) is 0 Å². The third-order valence-electron chi connectivity index (χ3n) is 6.31. The van der Waals surface area contributed by atoms with Crippen molar-refractivity contribution in [3.8, 4) is 11.5 Å². The highest BCUT2D eigenvalue weighted by Crippen LogP contribution is 2.33. The summed E-state index contributed by atoms with van der Waals surface area (Å²) in [4.78, 5) is 12.6. The van der Waals surface area contributed by atoms with E-state index in [0.29, 0.717) is 60.0 Å². The molecular weight excluding hydrogens is 527 g/mol. The minimum atomic E-state index is -4.50. The van der Waals surface area contributed by atoms with E-state index in [1.54, 1.807) is 67.3 Å². The van der Waals surface area contributed by atoms with Gasteiger partial charge in [-0.25, -0.2) is 4.79 Å². The molecule has 0 aliphatic rings. The first kappa shape index (κ1) is 29.0. The van der Waals surface area contributed by atoms with Crippen LogP contribution in [0.5, 0.6) is 11.5 Å². The Morgan fingerprint density at radius 2 is 1.48 bits per heavy atom. The first-order valence-electron chi connectivity index (χ1n) is 12.6. The lowest BCUT2D eigenvalue weighted by Gasteiger charge is -2.14. The average molecular weight is 558 g/mol. The molecule has 10 heteroatoms. The Balaban J connectivity index is 1.77. The molecule has 0 fully saturated rings. The molecule has 0 atom stereocenters. The van der Waals surface area contributed by atoms with Crippen LogP contribution in [0.1, 0.15) is 32.7 Å². The topological polar surface area (TPSA) is 79.2 Å². The van der Waals surface area contributed by atoms with Gasteiger partial charge in [-0.05, 0) is 41.0 Å². The van der Waals surface area contributed by atoms with Crippen LogP contribution in [0.2, 0.25) is 0 Å². The normalized spacial score (nSPS) is 11.6. The Hall–Kier alpha value is -4.02. The molecule has 0 aliphatic heterocycles. The van der Waals surface area contributed by atoms with Crippen molar-refractivity contribution in [3.63, 3.8) is 0 Å². The van der Waals surface area contributed by atoms with Crippen LogP contribution in [0.25, 0.3) is 10.9 Å². The van der Waals surface area contributed by atoms with Gasteiger partial charge in [0.25, 0.3) is 0 Å². The largest absolute Gasteiger partial charge is 0.491 e. The molecule has 0 spiro atoms. The Bertz CT molecular complexity index is 1440. The molecule has 7 nitrogen and oxygen atoms in total. The minimum Gasteiger partial charge on any atom is -0.491 e. The molecular formula is C30H30F3NO6. The molecule has 0 saturated carbocycles. The fraction of sp³-hybridized carbons (Fsp3) is 0.300. The van der Waals surface area contributed by atoms with Gasteiger partial charge in [-0.2, -0.15) is 13.2 Å². The number of carboxylic acids is 1. The van der Waals surface area contributed by atoms with Gasteiger partial charge in [-0.15, -0.1) is 0 Å². The third-order valence-corrected chi connectivity index (χ3v) is 6.31. The van der Waals surface area contributed by atoms with E-state index in [4.69, 9.17) is 18.9 Å². The smallest absolute Gasteiger partial charge is 0.416 e. The van der Waals surface area contributed by atoms with Crippen molar-refractivity contribution < 1.29 is 42.0 Å². The fourth-order valence-corrected chi connectivity index (χ4v) is 4.58. The molecule has 3 aromatic carbocycles. The second-order valence-corrected chi connectivity index (χ2v) is 9.11. The zero-order chi connectivity index (χ0) is 28.7. The molecule has 0 amide bonds. The highest BCUT2D eigenvalue weighted by Gasteiger charge is 2.31. The van der Waals surface area contributed by atoms with Crippen LogP contribution in [0, 0.1) is 0 Å². The average Bonchev–Trinajstić information content (AvgIpc) is 3.22. The lowest BCUT2D eigenvalue weighted by molar-refractivity contribution is -0.137. The molecule has 0 aliphatic carbocycles. The first-order chi connectivity index (χ1) is 19.2. The first-order valence-corrected chi connectivity index (χ1v) is 12.6. The molecule has 1 heterocycles. The van der Waals surface area contributed by atoms with E-state index in [1.165, 1.54) is 6.07 Å². The predicted octanol–water partition coefficient (Wildman–Crippen LogP) is 6.05. The molecule has 4 aromatic rings. The predicted molar refractivity (Wildman–Crippen MR) is 143 cm³/mol. The number of rotatable bonds is 13. The van der Waals surface area contributed by atoms with Crippen molar-refractivity contribution in [1.29, 1.82) is 0 Å². The number of nitrogens with zero attached hydrogens (tertiary/aromatic N) is 1. The Kier molecular flexibility index (Phi) is 9.34. The van der Waals surface area contributed by atoms with Crippen molar-refractivity contribution >= 4 is 16.9 Å². The van der Waals surface area contributed by atoms with Crippen molar-refractivity contribution in [2.24, 2.45) is 0 Å². The monoisotopic (exact) mass is 557 g/mol. The van der Waals surface area contributed by atoms with E-state index >= 15 is 0 Å². The number of hydrogen-bond donors (Lipinski definition) is 1. The second kappa shape index (κ2) is 12.9. The zero-order valence-corrected chi connectivity index (χ0v) is 22.2. The molecule has 1 aromatic heterocycles. The maximum atomic E-state index is 13.3. The number of ether oxygens (including phenoxy) is 4. The SMILES string of the molecule is COCCOc1cc(Cn2c(C(=O)O)c(Cc3cccc(C(F)(F)F)c3)c3ccccc32)cc(OCCOC)c1. The number of halogens is 3. The number of benzene rings is 3. The molecule has 0 bridgehead atoms. The molecule has 1 N–H and O–H groups in total. The summed E-state index contributed by atoms with van der Waals surface area (Å²) in [6.45, 7) is 1.55. The van der Waals surface area contributed by atoms with Crippen LogP contribution in [0.15, 0.2) is 66.7 Å². The van der Waals surface area contributed by atoms with Crippen LogP contribution in [-0.2, 0) is 28.6 Å². The van der Waals surface area contributed by atoms with E-state index in [9.17, 15) is 23.1 Å². The summed E-state index contributed by atoms with van der Waals surface area (Å²) < 4.78 is 63.4. The molecule has 212 valence electrons. The summed E-state index contributed by atoms with van der Waals surface area (Å²) in [7, 11) is 3.14.